The molecule has 0 radical (unpaired) electrons. The van der Waals surface area contributed by atoms with Gasteiger partial charge in [-0.1, -0.05) is 0 Å². The molecule has 0 aromatic heterocycles. The van der Waals surface area contributed by atoms with Gasteiger partial charge in [0.2, 0.25) is 0 Å². The molecule has 4 atom stereocenters. The van der Waals surface area contributed by atoms with Gasteiger partial charge in [-0.05, 0) is 0 Å². The van der Waals surface area contributed by atoms with E-state index in [1.807, 2.05) is 0 Å². The largest absolute Gasteiger partial charge is 0.495 e. The van der Waals surface area contributed by atoms with Crippen molar-refractivity contribution in [3.63, 3.8) is 0 Å². The molecule has 0 amide bonds. The average Bonchev–Trinajstić information content (AvgIpc) is 2.63. The average molecular weight is 188 g/mol. The Kier molecular flexibility index (Phi) is 1.94. The second kappa shape index (κ2) is 2.87. The zero-order valence-electron chi connectivity index (χ0n) is 7.43. The van der Waals surface area contributed by atoms with Gasteiger partial charge in [0.15, 0.2) is 11.5 Å². The molecule has 1 fully saturated rings. The minimum atomic E-state index is -0.918. The van der Waals surface area contributed by atoms with E-state index in [9.17, 15) is 10.2 Å². The van der Waals surface area contributed by atoms with Crippen LogP contribution in [-0.2, 0) is 14.2 Å². The van der Waals surface area contributed by atoms with Gasteiger partial charge in [0.05, 0.1) is 14.2 Å². The van der Waals surface area contributed by atoms with E-state index < -0.39 is 24.4 Å². The number of ether oxygens (including phenoxy) is 3. The minimum Gasteiger partial charge on any atom is -0.495 e. The summed E-state index contributed by atoms with van der Waals surface area (Å²) in [5, 5.41) is 18.9. The second-order valence-corrected chi connectivity index (χ2v) is 3.10. The summed E-state index contributed by atoms with van der Waals surface area (Å²) in [5.74, 6) is 0.954. The van der Waals surface area contributed by atoms with Gasteiger partial charge in [-0.25, -0.2) is 0 Å². The lowest BCUT2D eigenvalue weighted by Crippen LogP contribution is -2.39. The first-order valence-corrected chi connectivity index (χ1v) is 4.04. The van der Waals surface area contributed by atoms with Crippen LogP contribution in [0.15, 0.2) is 11.5 Å². The van der Waals surface area contributed by atoms with E-state index in [2.05, 4.69) is 0 Å². The van der Waals surface area contributed by atoms with Crippen molar-refractivity contribution in [2.75, 3.05) is 14.2 Å². The molecule has 13 heavy (non-hydrogen) atoms. The van der Waals surface area contributed by atoms with Crippen LogP contribution in [0.2, 0.25) is 0 Å². The Hall–Kier alpha value is -0.780. The van der Waals surface area contributed by atoms with Crippen LogP contribution in [-0.4, -0.2) is 48.8 Å². The highest BCUT2D eigenvalue weighted by Crippen LogP contribution is 2.39. The summed E-state index contributed by atoms with van der Waals surface area (Å²) in [6.07, 6.45) is -3.00. The van der Waals surface area contributed by atoms with Crippen LogP contribution in [0.4, 0.5) is 0 Å². The van der Waals surface area contributed by atoms with E-state index in [0.29, 0.717) is 11.5 Å². The van der Waals surface area contributed by atoms with Crippen LogP contribution in [0.3, 0.4) is 0 Å². The molecule has 5 heteroatoms. The number of aliphatic hydroxyl groups is 2. The third-order valence-corrected chi connectivity index (χ3v) is 2.46. The summed E-state index contributed by atoms with van der Waals surface area (Å²) in [5.41, 5.74) is 0. The highest BCUT2D eigenvalue weighted by atomic mass is 16.6. The zero-order valence-corrected chi connectivity index (χ0v) is 7.43. The molecule has 2 rings (SSSR count). The van der Waals surface area contributed by atoms with Crippen LogP contribution in [0, 0.1) is 0 Å². The predicted molar refractivity (Wildman–Crippen MR) is 41.7 cm³/mol. The normalized spacial score (nSPS) is 42.8. The van der Waals surface area contributed by atoms with Crippen LogP contribution in [0.5, 0.6) is 0 Å². The number of hydrogen-bond donors (Lipinski definition) is 2. The molecule has 74 valence electrons. The van der Waals surface area contributed by atoms with E-state index >= 15 is 0 Å². The number of hydrogen-bond acceptors (Lipinski definition) is 5. The number of methoxy groups -OCH3 is 2. The van der Waals surface area contributed by atoms with E-state index in [-0.39, 0.29) is 0 Å². The Labute approximate surface area is 75.5 Å². The number of aliphatic hydroxyl groups excluding tert-OH is 2. The molecule has 2 heterocycles. The Morgan fingerprint density at radius 2 is 1.38 bits per heavy atom. The van der Waals surface area contributed by atoms with Gasteiger partial charge in [-0.2, -0.15) is 0 Å². The molecule has 2 aliphatic heterocycles. The molecule has 0 aliphatic carbocycles. The SMILES string of the molecule is COC1=C(OC)[C@@H]2O[C@H]1[C@H](O)[C@@H]2O. The minimum absolute atomic E-state index is 0.477. The molecule has 2 N–H and O–H groups in total. The van der Waals surface area contributed by atoms with Gasteiger partial charge in [0.1, 0.15) is 24.4 Å². The molecule has 0 spiro atoms. The molecule has 2 aliphatic rings. The fraction of sp³-hybridized carbons (Fsp3) is 0.750. The maximum Gasteiger partial charge on any atom is 0.167 e. The van der Waals surface area contributed by atoms with Gasteiger partial charge in [0, 0.05) is 0 Å². The monoisotopic (exact) mass is 188 g/mol. The van der Waals surface area contributed by atoms with Crippen molar-refractivity contribution in [3.8, 4) is 0 Å². The van der Waals surface area contributed by atoms with Crippen molar-refractivity contribution in [3.05, 3.63) is 11.5 Å². The Balaban J connectivity index is 2.33. The van der Waals surface area contributed by atoms with E-state index in [4.69, 9.17) is 14.2 Å². The van der Waals surface area contributed by atoms with Gasteiger partial charge in [-0.3, -0.25) is 0 Å². The van der Waals surface area contributed by atoms with Crippen molar-refractivity contribution < 1.29 is 24.4 Å². The first kappa shape index (κ1) is 8.80. The summed E-state index contributed by atoms with van der Waals surface area (Å²) in [4.78, 5) is 0. The molecule has 2 bridgehead atoms. The third kappa shape index (κ3) is 0.979. The highest BCUT2D eigenvalue weighted by Gasteiger charge is 2.55. The van der Waals surface area contributed by atoms with Gasteiger partial charge >= 0.3 is 0 Å². The molecule has 5 nitrogen and oxygen atoms in total. The Morgan fingerprint density at radius 3 is 1.69 bits per heavy atom. The van der Waals surface area contributed by atoms with Gasteiger partial charge in [0.25, 0.3) is 0 Å². The van der Waals surface area contributed by atoms with Gasteiger partial charge < -0.3 is 24.4 Å². The topological polar surface area (TPSA) is 68.2 Å². The lowest BCUT2D eigenvalue weighted by molar-refractivity contribution is 0.00832. The van der Waals surface area contributed by atoms with Gasteiger partial charge in [-0.15, -0.1) is 0 Å². The van der Waals surface area contributed by atoms with E-state index in [1.165, 1.54) is 14.2 Å². The lowest BCUT2D eigenvalue weighted by atomic mass is 9.98. The second-order valence-electron chi connectivity index (χ2n) is 3.10. The van der Waals surface area contributed by atoms with Crippen molar-refractivity contribution in [2.45, 2.75) is 24.4 Å². The van der Waals surface area contributed by atoms with Crippen molar-refractivity contribution in [1.29, 1.82) is 0 Å². The highest BCUT2D eigenvalue weighted by molar-refractivity contribution is 5.27. The molecule has 0 aromatic rings. The molecule has 0 saturated carbocycles. The van der Waals surface area contributed by atoms with Crippen molar-refractivity contribution in [2.24, 2.45) is 0 Å². The van der Waals surface area contributed by atoms with E-state index in [0.717, 1.165) is 0 Å². The number of rotatable bonds is 2. The van der Waals surface area contributed by atoms with Crippen molar-refractivity contribution >= 4 is 0 Å². The Morgan fingerprint density at radius 1 is 1.00 bits per heavy atom. The standard InChI is InChI=1S/C8H12O5/c1-11-7-5-3(9)4(10)6(13-5)8(7)12-2/h3-6,9-10H,1-2H3/t3-,4+,5+,6-. The molecule has 0 aromatic carbocycles. The zero-order chi connectivity index (χ0) is 9.59. The quantitative estimate of drug-likeness (QED) is 0.581. The Bertz CT molecular complexity index is 225. The number of fused-ring (bicyclic) bond motifs is 2. The molecular weight excluding hydrogens is 176 g/mol. The fourth-order valence-corrected chi connectivity index (χ4v) is 1.82. The van der Waals surface area contributed by atoms with Crippen LogP contribution in [0.25, 0.3) is 0 Å². The summed E-state index contributed by atoms with van der Waals surface area (Å²) in [6.45, 7) is 0. The predicted octanol–water partition coefficient (Wildman–Crippen LogP) is -1.01. The van der Waals surface area contributed by atoms with Crippen LogP contribution in [0.1, 0.15) is 0 Å². The van der Waals surface area contributed by atoms with E-state index in [1.54, 1.807) is 0 Å². The first-order valence-electron chi connectivity index (χ1n) is 4.04. The summed E-state index contributed by atoms with van der Waals surface area (Å²) in [6, 6.07) is 0. The summed E-state index contributed by atoms with van der Waals surface area (Å²) in [7, 11) is 2.97. The third-order valence-electron chi connectivity index (χ3n) is 2.46. The van der Waals surface area contributed by atoms with Crippen LogP contribution >= 0.6 is 0 Å². The lowest BCUT2D eigenvalue weighted by Gasteiger charge is -2.22. The fourth-order valence-electron chi connectivity index (χ4n) is 1.82. The van der Waals surface area contributed by atoms with Crippen LogP contribution < -0.4 is 0 Å². The maximum absolute atomic E-state index is 9.46. The molecular formula is C8H12O5. The molecule has 0 unspecified atom stereocenters. The molecule has 1 saturated heterocycles. The van der Waals surface area contributed by atoms with Crippen molar-refractivity contribution in [1.82, 2.24) is 0 Å². The maximum atomic E-state index is 9.46. The first-order chi connectivity index (χ1) is 6.20. The summed E-state index contributed by atoms with van der Waals surface area (Å²) < 4.78 is 15.3. The smallest absolute Gasteiger partial charge is 0.167 e. The summed E-state index contributed by atoms with van der Waals surface area (Å²) >= 11 is 0.